The minimum Gasteiger partial charge on any atom is -0.467 e. The topological polar surface area (TPSA) is 72.2 Å². The molecule has 4 rings (SSSR count). The molecule has 190 valence electrons. The molecule has 1 aliphatic rings. The average molecular weight is 491 g/mol. The molecule has 0 radical (unpaired) electrons. The smallest absolute Gasteiger partial charge is 0.254 e. The zero-order valence-electron chi connectivity index (χ0n) is 21.5. The maximum atomic E-state index is 13.5. The zero-order valence-corrected chi connectivity index (χ0v) is 21.5. The molecule has 0 saturated carbocycles. The van der Waals surface area contributed by atoms with Gasteiger partial charge in [0.2, 0.25) is 12.7 Å². The summed E-state index contributed by atoms with van der Waals surface area (Å²) in [7, 11) is 0. The molecule has 1 aromatic heterocycles. The first-order chi connectivity index (χ1) is 17.2. The van der Waals surface area contributed by atoms with Crippen molar-refractivity contribution in [1.29, 1.82) is 0 Å². The lowest BCUT2D eigenvalue weighted by Gasteiger charge is -2.27. The van der Waals surface area contributed by atoms with Gasteiger partial charge < -0.3 is 23.7 Å². The Morgan fingerprint density at radius 1 is 0.917 bits per heavy atom. The van der Waals surface area contributed by atoms with E-state index in [1.54, 1.807) is 22.1 Å². The maximum absolute atomic E-state index is 13.5. The summed E-state index contributed by atoms with van der Waals surface area (Å²) < 4.78 is 16.4. The fourth-order valence-corrected chi connectivity index (χ4v) is 4.16. The van der Waals surface area contributed by atoms with Crippen LogP contribution in [0.1, 0.15) is 61.4 Å². The van der Waals surface area contributed by atoms with Crippen LogP contribution in [-0.2, 0) is 23.3 Å². The Morgan fingerprint density at radius 3 is 2.33 bits per heavy atom. The van der Waals surface area contributed by atoms with Gasteiger partial charge in [-0.15, -0.1) is 0 Å². The van der Waals surface area contributed by atoms with Crippen LogP contribution in [0.4, 0.5) is 0 Å². The summed E-state index contributed by atoms with van der Waals surface area (Å²) in [6.07, 6.45) is 2.34. The van der Waals surface area contributed by atoms with E-state index >= 15 is 0 Å². The second kappa shape index (κ2) is 10.9. The van der Waals surface area contributed by atoms with Crippen molar-refractivity contribution in [2.75, 3.05) is 19.9 Å². The van der Waals surface area contributed by atoms with Gasteiger partial charge >= 0.3 is 0 Å². The Labute approximate surface area is 212 Å². The predicted octanol–water partition coefficient (Wildman–Crippen LogP) is 5.39. The molecule has 0 saturated heterocycles. The highest BCUT2D eigenvalue weighted by atomic mass is 16.7. The van der Waals surface area contributed by atoms with Gasteiger partial charge in [-0.3, -0.25) is 9.59 Å². The summed E-state index contributed by atoms with van der Waals surface area (Å²) in [5.74, 6) is 1.73. The normalized spacial score (nSPS) is 12.4. The fourth-order valence-electron chi connectivity index (χ4n) is 4.16. The number of ether oxygens (including phenoxy) is 2. The Morgan fingerprint density at radius 2 is 1.67 bits per heavy atom. The molecule has 0 bridgehead atoms. The largest absolute Gasteiger partial charge is 0.467 e. The first-order valence-electron chi connectivity index (χ1n) is 12.3. The SMILES string of the molecule is CCCN(CC(=O)N(Cc1ccc2c(c1)OCO2)Cc1ccco1)C(=O)c1ccc(C(C)(C)C)cc1. The Bertz CT molecular complexity index is 1180. The Hall–Kier alpha value is -3.74. The van der Waals surface area contributed by atoms with Gasteiger partial charge in [0.05, 0.1) is 12.8 Å². The second-order valence-corrected chi connectivity index (χ2v) is 10.1. The number of amides is 2. The Balaban J connectivity index is 1.51. The minimum atomic E-state index is -0.155. The molecule has 0 fully saturated rings. The van der Waals surface area contributed by atoms with Crippen LogP contribution in [0.5, 0.6) is 11.5 Å². The molecule has 7 nitrogen and oxygen atoms in total. The van der Waals surface area contributed by atoms with Crippen LogP contribution in [-0.4, -0.2) is 41.5 Å². The number of furan rings is 1. The van der Waals surface area contributed by atoms with Crippen molar-refractivity contribution in [3.05, 3.63) is 83.3 Å². The summed E-state index contributed by atoms with van der Waals surface area (Å²) in [4.78, 5) is 30.2. The van der Waals surface area contributed by atoms with Crippen molar-refractivity contribution in [1.82, 2.24) is 9.80 Å². The van der Waals surface area contributed by atoms with Gasteiger partial charge in [0.1, 0.15) is 12.3 Å². The molecule has 1 aliphatic heterocycles. The summed E-state index contributed by atoms with van der Waals surface area (Å²) in [6.45, 7) is 9.74. The van der Waals surface area contributed by atoms with Gasteiger partial charge in [0, 0.05) is 18.7 Å². The molecule has 3 aromatic rings. The number of benzene rings is 2. The number of hydrogen-bond donors (Lipinski definition) is 0. The van der Waals surface area contributed by atoms with Crippen LogP contribution < -0.4 is 9.47 Å². The van der Waals surface area contributed by atoms with E-state index in [0.29, 0.717) is 42.5 Å². The third-order valence-corrected chi connectivity index (χ3v) is 6.19. The standard InChI is InChI=1S/C29H34N2O5/c1-5-14-30(28(33)22-9-11-23(12-10-22)29(2,3)4)19-27(32)31(18-24-7-6-15-34-24)17-21-8-13-25-26(16-21)36-20-35-25/h6-13,15-16H,5,14,17-20H2,1-4H3. The van der Waals surface area contributed by atoms with E-state index in [2.05, 4.69) is 20.8 Å². The summed E-state index contributed by atoms with van der Waals surface area (Å²) in [5, 5.41) is 0. The van der Waals surface area contributed by atoms with Gasteiger partial charge in [-0.25, -0.2) is 0 Å². The molecule has 0 atom stereocenters. The van der Waals surface area contributed by atoms with E-state index in [1.165, 1.54) is 0 Å². The molecule has 0 unspecified atom stereocenters. The average Bonchev–Trinajstić information content (AvgIpc) is 3.54. The van der Waals surface area contributed by atoms with Crippen LogP contribution >= 0.6 is 0 Å². The van der Waals surface area contributed by atoms with E-state index in [-0.39, 0.29) is 30.6 Å². The van der Waals surface area contributed by atoms with Crippen molar-refractivity contribution in [3.8, 4) is 11.5 Å². The van der Waals surface area contributed by atoms with Crippen molar-refractivity contribution in [2.45, 2.75) is 52.6 Å². The number of carbonyl (C=O) groups is 2. The molecular weight excluding hydrogens is 456 g/mol. The van der Waals surface area contributed by atoms with Gasteiger partial charge in [0.15, 0.2) is 11.5 Å². The lowest BCUT2D eigenvalue weighted by atomic mass is 9.86. The predicted molar refractivity (Wildman–Crippen MR) is 137 cm³/mol. The summed E-state index contributed by atoms with van der Waals surface area (Å²) >= 11 is 0. The molecule has 2 aromatic carbocycles. The minimum absolute atomic E-state index is 0.00171. The first kappa shape index (κ1) is 25.4. The molecule has 0 N–H and O–H groups in total. The van der Waals surface area contributed by atoms with E-state index in [1.807, 2.05) is 55.5 Å². The molecule has 2 heterocycles. The second-order valence-electron chi connectivity index (χ2n) is 10.1. The van der Waals surface area contributed by atoms with Crippen molar-refractivity contribution in [2.24, 2.45) is 0 Å². The number of nitrogens with zero attached hydrogens (tertiary/aromatic N) is 2. The number of hydrogen-bond acceptors (Lipinski definition) is 5. The van der Waals surface area contributed by atoms with Crippen molar-refractivity contribution < 1.29 is 23.5 Å². The van der Waals surface area contributed by atoms with Crippen LogP contribution in [0.2, 0.25) is 0 Å². The van der Waals surface area contributed by atoms with Gasteiger partial charge in [-0.2, -0.15) is 0 Å². The third kappa shape index (κ3) is 6.08. The van der Waals surface area contributed by atoms with Crippen molar-refractivity contribution in [3.63, 3.8) is 0 Å². The molecular formula is C29H34N2O5. The number of rotatable bonds is 9. The quantitative estimate of drug-likeness (QED) is 0.402. The molecule has 2 amide bonds. The van der Waals surface area contributed by atoms with Gasteiger partial charge in [-0.1, -0.05) is 45.9 Å². The monoisotopic (exact) mass is 490 g/mol. The molecule has 7 heteroatoms. The van der Waals surface area contributed by atoms with E-state index in [0.717, 1.165) is 17.5 Å². The van der Waals surface area contributed by atoms with E-state index in [9.17, 15) is 9.59 Å². The highest BCUT2D eigenvalue weighted by molar-refractivity contribution is 5.96. The van der Waals surface area contributed by atoms with Crippen LogP contribution in [0, 0.1) is 0 Å². The lowest BCUT2D eigenvalue weighted by molar-refractivity contribution is -0.133. The fraction of sp³-hybridized carbons (Fsp3) is 0.379. The van der Waals surface area contributed by atoms with Crippen LogP contribution in [0.3, 0.4) is 0 Å². The van der Waals surface area contributed by atoms with Gasteiger partial charge in [-0.05, 0) is 59.4 Å². The summed E-state index contributed by atoms with van der Waals surface area (Å²) in [5.41, 5.74) is 2.65. The van der Waals surface area contributed by atoms with Crippen molar-refractivity contribution >= 4 is 11.8 Å². The van der Waals surface area contributed by atoms with Crippen LogP contribution in [0.25, 0.3) is 0 Å². The number of fused-ring (bicyclic) bond motifs is 1. The third-order valence-electron chi connectivity index (χ3n) is 6.19. The van der Waals surface area contributed by atoms with Crippen LogP contribution in [0.15, 0.2) is 65.3 Å². The highest BCUT2D eigenvalue weighted by Crippen LogP contribution is 2.33. The lowest BCUT2D eigenvalue weighted by Crippen LogP contribution is -2.42. The molecule has 0 aliphatic carbocycles. The van der Waals surface area contributed by atoms with E-state index < -0.39 is 0 Å². The number of carbonyl (C=O) groups excluding carboxylic acids is 2. The summed E-state index contributed by atoms with van der Waals surface area (Å²) in [6, 6.07) is 17.0. The first-order valence-corrected chi connectivity index (χ1v) is 12.3. The highest BCUT2D eigenvalue weighted by Gasteiger charge is 2.24. The molecule has 0 spiro atoms. The van der Waals surface area contributed by atoms with E-state index in [4.69, 9.17) is 13.9 Å². The zero-order chi connectivity index (χ0) is 25.7. The molecule has 36 heavy (non-hydrogen) atoms. The Kier molecular flexibility index (Phi) is 7.67. The maximum Gasteiger partial charge on any atom is 0.254 e. The van der Waals surface area contributed by atoms with Gasteiger partial charge in [0.25, 0.3) is 5.91 Å².